The van der Waals surface area contributed by atoms with E-state index in [-0.39, 0.29) is 5.95 Å². The molecule has 1 aliphatic heterocycles. The number of hydrogen-bond acceptors (Lipinski definition) is 10. The Morgan fingerprint density at radius 2 is 2.00 bits per heavy atom. The van der Waals surface area contributed by atoms with E-state index in [1.165, 1.54) is 10.8 Å². The molecule has 4 aromatic rings. The zero-order chi connectivity index (χ0) is 25.1. The van der Waals surface area contributed by atoms with E-state index in [4.69, 9.17) is 26.5 Å². The zero-order valence-corrected chi connectivity index (χ0v) is 21.2. The van der Waals surface area contributed by atoms with Gasteiger partial charge in [0.1, 0.15) is 17.8 Å². The molecule has 3 aromatic heterocycles. The summed E-state index contributed by atoms with van der Waals surface area (Å²) in [7, 11) is 2.00. The van der Waals surface area contributed by atoms with Gasteiger partial charge >= 0.3 is 0 Å². The average Bonchev–Trinajstić information content (AvgIpc) is 3.57. The van der Waals surface area contributed by atoms with Crippen LogP contribution in [0.1, 0.15) is 13.3 Å². The summed E-state index contributed by atoms with van der Waals surface area (Å²) in [6.45, 7) is 8.23. The molecule has 1 aromatic carbocycles. The van der Waals surface area contributed by atoms with Crippen molar-refractivity contribution < 1.29 is 9.15 Å². The second-order valence-electron chi connectivity index (χ2n) is 8.73. The standard InChI is InChI=1S/C24H30ClN9O2/c1-3-13-35-17-4-5-19(18(25)15-17)33-11-9-32(10-12-33)8-7-31(2)20-16-21-28-22(23-27-6-14-36-23)30-34(21)24(26)29-20/h4-6,14-16H,3,7-13H2,1-2H3,(H2,26,29). The van der Waals surface area contributed by atoms with E-state index < -0.39 is 0 Å². The van der Waals surface area contributed by atoms with Gasteiger partial charge in [-0.2, -0.15) is 9.50 Å². The maximum atomic E-state index is 6.55. The van der Waals surface area contributed by atoms with Gasteiger partial charge in [0.25, 0.3) is 5.89 Å². The Labute approximate surface area is 214 Å². The number of likely N-dealkylation sites (N-methyl/N-ethyl adjacent to an activating group) is 1. The third kappa shape index (κ3) is 5.17. The minimum absolute atomic E-state index is 0.260. The summed E-state index contributed by atoms with van der Waals surface area (Å²) in [5.74, 6) is 2.53. The number of oxazole rings is 1. The van der Waals surface area contributed by atoms with Crippen molar-refractivity contribution in [2.24, 2.45) is 0 Å². The molecule has 11 nitrogen and oxygen atoms in total. The minimum Gasteiger partial charge on any atom is -0.494 e. The van der Waals surface area contributed by atoms with E-state index >= 15 is 0 Å². The second kappa shape index (κ2) is 10.6. The molecule has 0 amide bonds. The Morgan fingerprint density at radius 1 is 1.17 bits per heavy atom. The van der Waals surface area contributed by atoms with E-state index in [0.717, 1.165) is 68.0 Å². The molecule has 1 fully saturated rings. The molecular formula is C24H30ClN9O2. The molecular weight excluding hydrogens is 482 g/mol. The highest BCUT2D eigenvalue weighted by Gasteiger charge is 2.20. The van der Waals surface area contributed by atoms with Crippen molar-refractivity contribution in [2.45, 2.75) is 13.3 Å². The van der Waals surface area contributed by atoms with Gasteiger partial charge < -0.3 is 24.7 Å². The van der Waals surface area contributed by atoms with Crippen molar-refractivity contribution in [1.29, 1.82) is 0 Å². The monoisotopic (exact) mass is 511 g/mol. The largest absolute Gasteiger partial charge is 0.494 e. The van der Waals surface area contributed by atoms with Crippen LogP contribution < -0.4 is 20.3 Å². The van der Waals surface area contributed by atoms with Gasteiger partial charge in [-0.1, -0.05) is 18.5 Å². The van der Waals surface area contributed by atoms with Gasteiger partial charge in [0, 0.05) is 58.4 Å². The highest BCUT2D eigenvalue weighted by molar-refractivity contribution is 6.33. The maximum Gasteiger partial charge on any atom is 0.266 e. The Balaban J connectivity index is 1.16. The van der Waals surface area contributed by atoms with Crippen LogP contribution in [0.5, 0.6) is 5.75 Å². The number of piperazine rings is 1. The lowest BCUT2D eigenvalue weighted by atomic mass is 10.2. The van der Waals surface area contributed by atoms with Crippen molar-refractivity contribution >= 4 is 34.7 Å². The minimum atomic E-state index is 0.260. The van der Waals surface area contributed by atoms with Crippen LogP contribution in [-0.4, -0.2) is 82.4 Å². The molecule has 2 N–H and O–H groups in total. The van der Waals surface area contributed by atoms with Gasteiger partial charge in [0.15, 0.2) is 5.65 Å². The van der Waals surface area contributed by atoms with E-state index in [0.29, 0.717) is 24.0 Å². The fourth-order valence-corrected chi connectivity index (χ4v) is 4.48. The summed E-state index contributed by atoms with van der Waals surface area (Å²) in [5, 5.41) is 5.08. The predicted octanol–water partition coefficient (Wildman–Crippen LogP) is 3.06. The van der Waals surface area contributed by atoms with Gasteiger partial charge in [-0.3, -0.25) is 4.90 Å². The lowest BCUT2D eigenvalue weighted by Gasteiger charge is -2.37. The van der Waals surface area contributed by atoms with E-state index in [1.54, 1.807) is 6.20 Å². The van der Waals surface area contributed by atoms with Crippen molar-refractivity contribution in [1.82, 2.24) is 29.5 Å². The number of halogens is 1. The number of benzene rings is 1. The summed E-state index contributed by atoms with van der Waals surface area (Å²) >= 11 is 6.55. The first-order chi connectivity index (χ1) is 17.5. The summed E-state index contributed by atoms with van der Waals surface area (Å²) in [5.41, 5.74) is 7.80. The molecule has 0 unspecified atom stereocenters. The van der Waals surface area contributed by atoms with Gasteiger partial charge in [-0.15, -0.1) is 5.10 Å². The summed E-state index contributed by atoms with van der Waals surface area (Å²) in [6.07, 6.45) is 4.00. The summed E-state index contributed by atoms with van der Waals surface area (Å²) < 4.78 is 12.5. The normalized spacial score (nSPS) is 14.5. The smallest absolute Gasteiger partial charge is 0.266 e. The van der Waals surface area contributed by atoms with E-state index in [9.17, 15) is 0 Å². The third-order valence-electron chi connectivity index (χ3n) is 6.21. The molecule has 190 valence electrons. The molecule has 1 saturated heterocycles. The first-order valence-electron chi connectivity index (χ1n) is 12.1. The molecule has 0 saturated carbocycles. The van der Waals surface area contributed by atoms with E-state index in [2.05, 4.69) is 47.7 Å². The third-order valence-corrected chi connectivity index (χ3v) is 6.51. The zero-order valence-electron chi connectivity index (χ0n) is 20.5. The van der Waals surface area contributed by atoms with Crippen LogP contribution in [0.25, 0.3) is 17.4 Å². The number of nitrogens with two attached hydrogens (primary N) is 1. The lowest BCUT2D eigenvalue weighted by molar-refractivity contribution is 0.263. The molecule has 12 heteroatoms. The molecule has 36 heavy (non-hydrogen) atoms. The van der Waals surface area contributed by atoms with Crippen LogP contribution in [0, 0.1) is 0 Å². The molecule has 0 atom stereocenters. The Hall–Kier alpha value is -3.57. The lowest BCUT2D eigenvalue weighted by Crippen LogP contribution is -2.48. The number of hydrogen-bond donors (Lipinski definition) is 1. The topological polar surface area (TPSA) is 114 Å². The molecule has 0 radical (unpaired) electrons. The Bertz CT molecular complexity index is 1300. The van der Waals surface area contributed by atoms with Gasteiger partial charge in [-0.05, 0) is 18.6 Å². The highest BCUT2D eigenvalue weighted by atomic mass is 35.5. The highest BCUT2D eigenvalue weighted by Crippen LogP contribution is 2.30. The van der Waals surface area contributed by atoms with Gasteiger partial charge in [0.2, 0.25) is 11.8 Å². The molecule has 0 aliphatic carbocycles. The number of nitrogen functional groups attached to an aromatic ring is 1. The first-order valence-corrected chi connectivity index (χ1v) is 12.4. The van der Waals surface area contributed by atoms with Crippen LogP contribution >= 0.6 is 11.6 Å². The summed E-state index contributed by atoms with van der Waals surface area (Å²) in [6, 6.07) is 7.83. The fraction of sp³-hybridized carbons (Fsp3) is 0.417. The quantitative estimate of drug-likeness (QED) is 0.359. The maximum absolute atomic E-state index is 6.55. The van der Waals surface area contributed by atoms with Crippen molar-refractivity contribution in [3.63, 3.8) is 0 Å². The van der Waals surface area contributed by atoms with Crippen LogP contribution in [0.2, 0.25) is 5.02 Å². The number of fused-ring (bicyclic) bond motifs is 1. The SMILES string of the molecule is CCCOc1ccc(N2CCN(CCN(C)c3cc4nc(-c5ncco5)nn4c(N)n3)CC2)c(Cl)c1. The Morgan fingerprint density at radius 3 is 2.72 bits per heavy atom. The molecule has 1 aliphatic rings. The number of aromatic nitrogens is 5. The van der Waals surface area contributed by atoms with Crippen molar-refractivity contribution in [2.75, 3.05) is 68.5 Å². The van der Waals surface area contributed by atoms with Crippen molar-refractivity contribution in [3.8, 4) is 17.5 Å². The predicted molar refractivity (Wildman–Crippen MR) is 140 cm³/mol. The number of anilines is 3. The summed E-state index contributed by atoms with van der Waals surface area (Å²) in [4.78, 5) is 19.9. The number of nitrogens with zero attached hydrogens (tertiary/aromatic N) is 8. The molecule has 4 heterocycles. The number of ether oxygens (including phenoxy) is 1. The van der Waals surface area contributed by atoms with Crippen molar-refractivity contribution in [3.05, 3.63) is 41.7 Å². The second-order valence-corrected chi connectivity index (χ2v) is 9.13. The number of rotatable bonds is 9. The Kier molecular flexibility index (Phi) is 7.10. The van der Waals surface area contributed by atoms with Crippen LogP contribution in [-0.2, 0) is 0 Å². The fourth-order valence-electron chi connectivity index (χ4n) is 4.19. The average molecular weight is 512 g/mol. The molecule has 0 spiro atoms. The first kappa shape index (κ1) is 24.1. The molecule has 0 bridgehead atoms. The van der Waals surface area contributed by atoms with Crippen LogP contribution in [0.3, 0.4) is 0 Å². The van der Waals surface area contributed by atoms with Crippen LogP contribution in [0.15, 0.2) is 41.1 Å². The van der Waals surface area contributed by atoms with Gasteiger partial charge in [-0.25, -0.2) is 9.97 Å². The van der Waals surface area contributed by atoms with Gasteiger partial charge in [0.05, 0.1) is 23.5 Å². The molecule has 5 rings (SSSR count). The van der Waals surface area contributed by atoms with E-state index in [1.807, 2.05) is 25.2 Å². The van der Waals surface area contributed by atoms with Crippen LogP contribution in [0.4, 0.5) is 17.5 Å².